The molecule has 0 aliphatic rings. The van der Waals surface area contributed by atoms with Crippen molar-refractivity contribution in [2.24, 2.45) is 0 Å². The van der Waals surface area contributed by atoms with Crippen molar-refractivity contribution in [3.63, 3.8) is 0 Å². The largest absolute Gasteiger partial charge is 0.306 e. The number of hydrogen-bond acceptors (Lipinski definition) is 1. The SMILES string of the molecule is Cc1cc(C)c(CN[C@@H](C)c2cccc(Cl)c2)cc1C. The van der Waals surface area contributed by atoms with Crippen molar-refractivity contribution in [2.45, 2.75) is 40.3 Å². The second-order valence-corrected chi connectivity index (χ2v) is 5.96. The molecule has 0 amide bonds. The molecule has 0 radical (unpaired) electrons. The monoisotopic (exact) mass is 287 g/mol. The summed E-state index contributed by atoms with van der Waals surface area (Å²) in [4.78, 5) is 0. The standard InChI is InChI=1S/C18H22ClN/c1-12-8-14(3)17(9-13(12)2)11-20-15(4)16-6-5-7-18(19)10-16/h5-10,15,20H,11H2,1-4H3/t15-/m0/s1. The molecule has 0 spiro atoms. The zero-order valence-corrected chi connectivity index (χ0v) is 13.4. The van der Waals surface area contributed by atoms with Gasteiger partial charge in [0.2, 0.25) is 0 Å². The van der Waals surface area contributed by atoms with Crippen molar-refractivity contribution in [1.82, 2.24) is 5.32 Å². The highest BCUT2D eigenvalue weighted by molar-refractivity contribution is 6.30. The summed E-state index contributed by atoms with van der Waals surface area (Å²) in [6, 6.07) is 12.9. The summed E-state index contributed by atoms with van der Waals surface area (Å²) in [5, 5.41) is 4.36. The summed E-state index contributed by atoms with van der Waals surface area (Å²) >= 11 is 6.04. The van der Waals surface area contributed by atoms with E-state index in [1.54, 1.807) is 0 Å². The average Bonchev–Trinajstić information content (AvgIpc) is 2.41. The van der Waals surface area contributed by atoms with E-state index in [4.69, 9.17) is 11.6 Å². The molecule has 1 N–H and O–H groups in total. The molecular weight excluding hydrogens is 266 g/mol. The highest BCUT2D eigenvalue weighted by atomic mass is 35.5. The van der Waals surface area contributed by atoms with Gasteiger partial charge in [-0.05, 0) is 67.6 Å². The van der Waals surface area contributed by atoms with E-state index in [0.29, 0.717) is 0 Å². The lowest BCUT2D eigenvalue weighted by atomic mass is 10.0. The zero-order chi connectivity index (χ0) is 14.7. The van der Waals surface area contributed by atoms with Crippen molar-refractivity contribution < 1.29 is 0 Å². The van der Waals surface area contributed by atoms with Gasteiger partial charge in [-0.2, -0.15) is 0 Å². The Bertz CT molecular complexity index is 604. The second kappa shape index (κ2) is 6.43. The first-order valence-corrected chi connectivity index (χ1v) is 7.40. The fourth-order valence-corrected chi connectivity index (χ4v) is 2.57. The lowest BCUT2D eigenvalue weighted by Gasteiger charge is -2.16. The van der Waals surface area contributed by atoms with Crippen LogP contribution in [0.3, 0.4) is 0 Å². The van der Waals surface area contributed by atoms with Gasteiger partial charge >= 0.3 is 0 Å². The van der Waals surface area contributed by atoms with Gasteiger partial charge in [0.25, 0.3) is 0 Å². The van der Waals surface area contributed by atoms with Gasteiger partial charge < -0.3 is 5.32 Å². The van der Waals surface area contributed by atoms with Gasteiger partial charge in [-0.3, -0.25) is 0 Å². The Morgan fingerprint density at radius 3 is 2.40 bits per heavy atom. The van der Waals surface area contributed by atoms with Gasteiger partial charge in [0, 0.05) is 17.6 Å². The minimum absolute atomic E-state index is 0.287. The van der Waals surface area contributed by atoms with Crippen molar-refractivity contribution in [1.29, 1.82) is 0 Å². The Hall–Kier alpha value is -1.31. The highest BCUT2D eigenvalue weighted by Crippen LogP contribution is 2.19. The molecule has 0 aliphatic heterocycles. The third-order valence-electron chi connectivity index (χ3n) is 3.90. The number of halogens is 1. The molecule has 2 aromatic rings. The molecule has 2 heteroatoms. The molecule has 0 fully saturated rings. The molecule has 2 aromatic carbocycles. The molecule has 2 rings (SSSR count). The first-order valence-electron chi connectivity index (χ1n) is 7.03. The normalized spacial score (nSPS) is 12.4. The fraction of sp³-hybridized carbons (Fsp3) is 0.333. The molecule has 0 saturated heterocycles. The van der Waals surface area contributed by atoms with Crippen LogP contribution < -0.4 is 5.32 Å². The zero-order valence-electron chi connectivity index (χ0n) is 12.6. The van der Waals surface area contributed by atoms with Crippen molar-refractivity contribution >= 4 is 11.6 Å². The van der Waals surface area contributed by atoms with Crippen LogP contribution >= 0.6 is 11.6 Å². The smallest absolute Gasteiger partial charge is 0.0409 e. The third kappa shape index (κ3) is 3.62. The summed E-state index contributed by atoms with van der Waals surface area (Å²) in [6.07, 6.45) is 0. The molecular formula is C18H22ClN. The lowest BCUT2D eigenvalue weighted by molar-refractivity contribution is 0.573. The van der Waals surface area contributed by atoms with Gasteiger partial charge in [0.1, 0.15) is 0 Å². The summed E-state index contributed by atoms with van der Waals surface area (Å²) in [7, 11) is 0. The van der Waals surface area contributed by atoms with Crippen LogP contribution in [-0.2, 0) is 6.54 Å². The van der Waals surface area contributed by atoms with Crippen molar-refractivity contribution in [3.05, 3.63) is 69.2 Å². The van der Waals surface area contributed by atoms with Crippen LogP contribution in [-0.4, -0.2) is 0 Å². The Labute approximate surface area is 127 Å². The molecule has 1 atom stereocenters. The van der Waals surface area contributed by atoms with E-state index >= 15 is 0 Å². The Balaban J connectivity index is 2.07. The first kappa shape index (κ1) is 15.1. The van der Waals surface area contributed by atoms with E-state index < -0.39 is 0 Å². The van der Waals surface area contributed by atoms with Crippen LogP contribution in [0.1, 0.15) is 40.8 Å². The molecule has 0 saturated carbocycles. The number of rotatable bonds is 4. The Kier molecular flexibility index (Phi) is 4.85. The van der Waals surface area contributed by atoms with Crippen LogP contribution in [0.2, 0.25) is 5.02 Å². The van der Waals surface area contributed by atoms with E-state index in [-0.39, 0.29) is 6.04 Å². The van der Waals surface area contributed by atoms with E-state index in [2.05, 4.69) is 51.2 Å². The van der Waals surface area contributed by atoms with E-state index in [1.165, 1.54) is 27.8 Å². The Morgan fingerprint density at radius 1 is 1.00 bits per heavy atom. The van der Waals surface area contributed by atoms with Crippen LogP contribution in [0, 0.1) is 20.8 Å². The van der Waals surface area contributed by atoms with Crippen molar-refractivity contribution in [2.75, 3.05) is 0 Å². The van der Waals surface area contributed by atoms with Gasteiger partial charge in [-0.15, -0.1) is 0 Å². The van der Waals surface area contributed by atoms with Crippen LogP contribution in [0.5, 0.6) is 0 Å². The molecule has 0 bridgehead atoms. The minimum Gasteiger partial charge on any atom is -0.306 e. The van der Waals surface area contributed by atoms with Crippen LogP contribution in [0.4, 0.5) is 0 Å². The third-order valence-corrected chi connectivity index (χ3v) is 4.13. The summed E-state index contributed by atoms with van der Waals surface area (Å²) in [6.45, 7) is 9.54. The first-order chi connectivity index (χ1) is 9.47. The topological polar surface area (TPSA) is 12.0 Å². The molecule has 0 aliphatic carbocycles. The molecule has 0 aromatic heterocycles. The number of nitrogens with one attached hydrogen (secondary N) is 1. The predicted molar refractivity (Wildman–Crippen MR) is 87.4 cm³/mol. The minimum atomic E-state index is 0.287. The average molecular weight is 288 g/mol. The molecule has 20 heavy (non-hydrogen) atoms. The Morgan fingerprint density at radius 2 is 1.70 bits per heavy atom. The van der Waals surface area contributed by atoms with Crippen LogP contribution in [0.25, 0.3) is 0 Å². The van der Waals surface area contributed by atoms with Gasteiger partial charge in [-0.25, -0.2) is 0 Å². The van der Waals surface area contributed by atoms with Gasteiger partial charge in [0.15, 0.2) is 0 Å². The van der Waals surface area contributed by atoms with Crippen molar-refractivity contribution in [3.8, 4) is 0 Å². The van der Waals surface area contributed by atoms with E-state index in [0.717, 1.165) is 11.6 Å². The van der Waals surface area contributed by atoms with E-state index in [1.807, 2.05) is 18.2 Å². The lowest BCUT2D eigenvalue weighted by Crippen LogP contribution is -2.18. The fourth-order valence-electron chi connectivity index (χ4n) is 2.37. The van der Waals surface area contributed by atoms with Gasteiger partial charge in [-0.1, -0.05) is 35.9 Å². The predicted octanol–water partition coefficient (Wildman–Crippen LogP) is 5.12. The molecule has 106 valence electrons. The quantitative estimate of drug-likeness (QED) is 0.823. The number of hydrogen-bond donors (Lipinski definition) is 1. The van der Waals surface area contributed by atoms with Crippen LogP contribution in [0.15, 0.2) is 36.4 Å². The van der Waals surface area contributed by atoms with Gasteiger partial charge in [0.05, 0.1) is 0 Å². The summed E-state index contributed by atoms with van der Waals surface area (Å²) < 4.78 is 0. The molecule has 0 unspecified atom stereocenters. The molecule has 0 heterocycles. The molecule has 1 nitrogen and oxygen atoms in total. The summed E-state index contributed by atoms with van der Waals surface area (Å²) in [5.74, 6) is 0. The second-order valence-electron chi connectivity index (χ2n) is 5.52. The maximum absolute atomic E-state index is 6.04. The highest BCUT2D eigenvalue weighted by Gasteiger charge is 2.07. The number of benzene rings is 2. The summed E-state index contributed by atoms with van der Waals surface area (Å²) in [5.41, 5.74) is 6.64. The number of aryl methyl sites for hydroxylation is 3. The van der Waals surface area contributed by atoms with E-state index in [9.17, 15) is 0 Å². The maximum Gasteiger partial charge on any atom is 0.0409 e. The maximum atomic E-state index is 6.04.